The molecule has 0 fully saturated rings. The molecule has 0 atom stereocenters. The Balaban J connectivity index is 0.884. The summed E-state index contributed by atoms with van der Waals surface area (Å²) in [6.07, 6.45) is 3.84. The van der Waals surface area contributed by atoms with Crippen LogP contribution in [0.3, 0.4) is 0 Å². The first-order chi connectivity index (χ1) is 33.2. The van der Waals surface area contributed by atoms with Crippen molar-refractivity contribution in [3.63, 3.8) is 0 Å². The molecule has 0 aliphatic heterocycles. The summed E-state index contributed by atoms with van der Waals surface area (Å²) in [6, 6.07) is 82.5. The van der Waals surface area contributed by atoms with Gasteiger partial charge in [0.25, 0.3) is 0 Å². The van der Waals surface area contributed by atoms with Gasteiger partial charge in [-0.2, -0.15) is 0 Å². The number of hydrogen-bond acceptors (Lipinski definition) is 3. The summed E-state index contributed by atoms with van der Waals surface area (Å²) in [5.41, 5.74) is 15.3. The van der Waals surface area contributed by atoms with Crippen LogP contribution < -0.4 is 0 Å². The molecule has 0 unspecified atom stereocenters. The Labute approximate surface area is 387 Å². The average molecular weight is 853 g/mol. The van der Waals surface area contributed by atoms with Crippen molar-refractivity contribution in [2.24, 2.45) is 0 Å². The standard InChI is InChI=1S/C63H40N4/c1-3-14-43(15-4-1)57-39-58(44-26-23-42(24-27-44)48-33-34-59-55(38-48)56-40-64-36-35-60(56)67(59)50-17-5-2-6-18-50)66-63(65-57)46-30-28-45(29-31-46)61-51-19-9-11-21-53(51)62(54-22-12-10-20-52(54)61)49-32-25-41-13-7-8-16-47(41)37-49/h1-40H. The van der Waals surface area contributed by atoms with E-state index < -0.39 is 0 Å². The molecule has 4 heteroatoms. The molecule has 0 radical (unpaired) electrons. The molecule has 0 N–H and O–H groups in total. The first-order valence-electron chi connectivity index (χ1n) is 22.7. The fourth-order valence-electron chi connectivity index (χ4n) is 10.1. The number of aromatic nitrogens is 4. The van der Waals surface area contributed by atoms with E-state index in [-0.39, 0.29) is 0 Å². The van der Waals surface area contributed by atoms with E-state index in [1.54, 1.807) is 0 Å². The minimum atomic E-state index is 0.683. The molecule has 0 amide bonds. The van der Waals surface area contributed by atoms with E-state index in [1.165, 1.54) is 54.4 Å². The van der Waals surface area contributed by atoms with Crippen molar-refractivity contribution in [2.75, 3.05) is 0 Å². The van der Waals surface area contributed by atoms with Crippen LogP contribution in [0.4, 0.5) is 0 Å². The summed E-state index contributed by atoms with van der Waals surface area (Å²) in [5, 5.41) is 9.70. The lowest BCUT2D eigenvalue weighted by molar-refractivity contribution is 1.17. The van der Waals surface area contributed by atoms with Gasteiger partial charge < -0.3 is 4.57 Å². The van der Waals surface area contributed by atoms with Crippen molar-refractivity contribution in [1.29, 1.82) is 0 Å². The van der Waals surface area contributed by atoms with Crippen molar-refractivity contribution in [2.45, 2.75) is 0 Å². The molecule has 0 bridgehead atoms. The van der Waals surface area contributed by atoms with Crippen molar-refractivity contribution in [3.8, 4) is 73.0 Å². The molecule has 13 aromatic rings. The van der Waals surface area contributed by atoms with Gasteiger partial charge in [-0.1, -0.05) is 188 Å². The number of pyridine rings is 1. The molecule has 0 aliphatic rings. The molecular weight excluding hydrogens is 813 g/mol. The Morgan fingerprint density at radius 3 is 1.49 bits per heavy atom. The fourth-order valence-corrected chi connectivity index (χ4v) is 10.1. The predicted octanol–water partition coefficient (Wildman–Crippen LogP) is 16.4. The summed E-state index contributed by atoms with van der Waals surface area (Å²) in [7, 11) is 0. The fraction of sp³-hybridized carbons (Fsp3) is 0. The number of benzene rings is 10. The SMILES string of the molecule is c1ccc(-c2cc(-c3ccc(-c4ccc5c(c4)c4cnccc4n5-c4ccccc4)cc3)nc(-c3ccc(-c4c5ccccc5c(-c5ccc6ccccc6c5)c5ccccc45)cc3)n2)cc1. The maximum atomic E-state index is 5.26. The quantitative estimate of drug-likeness (QED) is 0.150. The third-order valence-electron chi connectivity index (χ3n) is 13.3. The maximum absolute atomic E-state index is 5.26. The first kappa shape index (κ1) is 38.5. The van der Waals surface area contributed by atoms with Crippen molar-refractivity contribution in [3.05, 3.63) is 243 Å². The van der Waals surface area contributed by atoms with Gasteiger partial charge in [0.1, 0.15) is 0 Å². The van der Waals surface area contributed by atoms with E-state index in [9.17, 15) is 0 Å². The van der Waals surface area contributed by atoms with Gasteiger partial charge in [0.15, 0.2) is 5.82 Å². The van der Waals surface area contributed by atoms with Crippen LogP contribution in [0, 0.1) is 0 Å². The van der Waals surface area contributed by atoms with Crippen LogP contribution in [0.5, 0.6) is 0 Å². The van der Waals surface area contributed by atoms with Crippen LogP contribution in [0.1, 0.15) is 0 Å². The second-order valence-electron chi connectivity index (χ2n) is 17.2. The second-order valence-corrected chi connectivity index (χ2v) is 17.2. The molecule has 4 nitrogen and oxygen atoms in total. The summed E-state index contributed by atoms with van der Waals surface area (Å²) in [5.74, 6) is 0.683. The molecule has 0 spiro atoms. The normalized spacial score (nSPS) is 11.6. The van der Waals surface area contributed by atoms with Crippen LogP contribution in [0.25, 0.3) is 127 Å². The molecule has 0 aliphatic carbocycles. The summed E-state index contributed by atoms with van der Waals surface area (Å²) >= 11 is 0. The first-order valence-corrected chi connectivity index (χ1v) is 22.7. The molecule has 10 aromatic carbocycles. The van der Waals surface area contributed by atoms with E-state index in [0.29, 0.717) is 5.82 Å². The monoisotopic (exact) mass is 852 g/mol. The highest BCUT2D eigenvalue weighted by Crippen LogP contribution is 2.44. The van der Waals surface area contributed by atoms with E-state index >= 15 is 0 Å². The lowest BCUT2D eigenvalue weighted by Crippen LogP contribution is -1.96. The minimum Gasteiger partial charge on any atom is -0.309 e. The van der Waals surface area contributed by atoms with Gasteiger partial charge in [-0.05, 0) is 108 Å². The van der Waals surface area contributed by atoms with Crippen molar-refractivity contribution >= 4 is 54.1 Å². The highest BCUT2D eigenvalue weighted by molar-refractivity contribution is 6.21. The number of para-hydroxylation sites is 1. The van der Waals surface area contributed by atoms with Gasteiger partial charge in [-0.15, -0.1) is 0 Å². The minimum absolute atomic E-state index is 0.683. The van der Waals surface area contributed by atoms with Crippen LogP contribution >= 0.6 is 0 Å². The summed E-state index contributed by atoms with van der Waals surface area (Å²) in [4.78, 5) is 15.0. The molecule has 67 heavy (non-hydrogen) atoms. The largest absolute Gasteiger partial charge is 0.309 e. The summed E-state index contributed by atoms with van der Waals surface area (Å²) in [6.45, 7) is 0. The molecule has 3 aromatic heterocycles. The summed E-state index contributed by atoms with van der Waals surface area (Å²) < 4.78 is 2.32. The van der Waals surface area contributed by atoms with Gasteiger partial charge in [0.2, 0.25) is 0 Å². The van der Waals surface area contributed by atoms with Crippen LogP contribution in [-0.4, -0.2) is 19.5 Å². The van der Waals surface area contributed by atoms with Crippen molar-refractivity contribution < 1.29 is 0 Å². The Morgan fingerprint density at radius 1 is 0.299 bits per heavy atom. The lowest BCUT2D eigenvalue weighted by Gasteiger charge is -2.18. The molecule has 0 saturated heterocycles. The third-order valence-corrected chi connectivity index (χ3v) is 13.3. The second kappa shape index (κ2) is 15.9. The highest BCUT2D eigenvalue weighted by Gasteiger charge is 2.19. The Bertz CT molecular complexity index is 3950. The molecule has 312 valence electrons. The van der Waals surface area contributed by atoms with E-state index in [4.69, 9.17) is 9.97 Å². The smallest absolute Gasteiger partial charge is 0.160 e. The predicted molar refractivity (Wildman–Crippen MR) is 279 cm³/mol. The number of nitrogens with zero attached hydrogens (tertiary/aromatic N) is 4. The average Bonchev–Trinajstić information content (AvgIpc) is 3.74. The van der Waals surface area contributed by atoms with Gasteiger partial charge in [-0.3, -0.25) is 4.98 Å². The van der Waals surface area contributed by atoms with E-state index in [2.05, 4.69) is 234 Å². The van der Waals surface area contributed by atoms with Crippen LogP contribution in [-0.2, 0) is 0 Å². The topological polar surface area (TPSA) is 43.6 Å². The van der Waals surface area contributed by atoms with Crippen LogP contribution in [0.2, 0.25) is 0 Å². The molecule has 0 saturated carbocycles. The zero-order valence-corrected chi connectivity index (χ0v) is 36.4. The Kier molecular flexibility index (Phi) is 9.14. The van der Waals surface area contributed by atoms with E-state index in [1.807, 2.05) is 18.5 Å². The lowest BCUT2D eigenvalue weighted by atomic mass is 9.85. The van der Waals surface area contributed by atoms with Crippen molar-refractivity contribution in [1.82, 2.24) is 19.5 Å². The number of fused-ring (bicyclic) bond motifs is 6. The number of hydrogen-bond donors (Lipinski definition) is 0. The Morgan fingerprint density at radius 2 is 0.806 bits per heavy atom. The highest BCUT2D eigenvalue weighted by atomic mass is 15.0. The maximum Gasteiger partial charge on any atom is 0.160 e. The van der Waals surface area contributed by atoms with Gasteiger partial charge in [0.05, 0.1) is 22.4 Å². The van der Waals surface area contributed by atoms with Gasteiger partial charge >= 0.3 is 0 Å². The number of rotatable bonds is 7. The third kappa shape index (κ3) is 6.65. The molecule has 3 heterocycles. The van der Waals surface area contributed by atoms with Gasteiger partial charge in [0, 0.05) is 45.5 Å². The van der Waals surface area contributed by atoms with Crippen LogP contribution in [0.15, 0.2) is 243 Å². The van der Waals surface area contributed by atoms with Gasteiger partial charge in [-0.25, -0.2) is 9.97 Å². The zero-order chi connectivity index (χ0) is 44.3. The van der Waals surface area contributed by atoms with E-state index in [0.717, 1.165) is 66.9 Å². The molecule has 13 rings (SSSR count). The molecular formula is C63H40N4. The Hall–Kier alpha value is -8.99. The zero-order valence-electron chi connectivity index (χ0n) is 36.4.